The van der Waals surface area contributed by atoms with Gasteiger partial charge in [0.15, 0.2) is 0 Å². The molecular weight excluding hydrogens is 193 g/mol. The Morgan fingerprint density at radius 1 is 0.846 bits per heavy atom. The molecule has 0 saturated heterocycles. The van der Waals surface area contributed by atoms with E-state index < -0.39 is 0 Å². The third-order valence-corrected chi connectivity index (χ3v) is 10.00. The van der Waals surface area contributed by atoms with E-state index in [2.05, 4.69) is 27.7 Å². The summed E-state index contributed by atoms with van der Waals surface area (Å²) < 4.78 is 0. The zero-order valence-electron chi connectivity index (χ0n) is 9.58. The van der Waals surface area contributed by atoms with Gasteiger partial charge >= 0.3 is 0 Å². The van der Waals surface area contributed by atoms with Gasteiger partial charge < -0.3 is 0 Å². The average molecular weight is 216 g/mol. The van der Waals surface area contributed by atoms with Gasteiger partial charge in [0.25, 0.3) is 0 Å². The van der Waals surface area contributed by atoms with Crippen molar-refractivity contribution in [2.75, 3.05) is 24.6 Å². The zero-order valence-corrected chi connectivity index (χ0v) is 11.4. The highest BCUT2D eigenvalue weighted by molar-refractivity contribution is 7.76. The van der Waals surface area contributed by atoms with Crippen LogP contribution in [0.4, 0.5) is 0 Å². The topological polar surface area (TPSA) is 0 Å². The molecule has 0 fully saturated rings. The summed E-state index contributed by atoms with van der Waals surface area (Å²) >= 11 is 0. The van der Waals surface area contributed by atoms with Gasteiger partial charge in [0.1, 0.15) is 0 Å². The molecule has 13 heavy (non-hydrogen) atoms. The standard InChI is InChI=1S/C10H23BP2/c1-5-12(6-2)10(9-11)13(7-3)8-4/h10H,5-9H2,1-4H3. The van der Waals surface area contributed by atoms with Crippen molar-refractivity contribution in [2.24, 2.45) is 0 Å². The fraction of sp³-hybridized carbons (Fsp3) is 1.00. The lowest BCUT2D eigenvalue weighted by molar-refractivity contribution is 1.24. The first-order valence-corrected chi connectivity index (χ1v) is 8.99. The van der Waals surface area contributed by atoms with Crippen molar-refractivity contribution >= 4 is 23.7 Å². The maximum atomic E-state index is 5.91. The molecule has 0 bridgehead atoms. The van der Waals surface area contributed by atoms with Crippen LogP contribution < -0.4 is 0 Å². The van der Waals surface area contributed by atoms with E-state index in [-0.39, 0.29) is 15.8 Å². The summed E-state index contributed by atoms with van der Waals surface area (Å²) in [5.74, 6) is 0. The molecule has 3 heteroatoms. The van der Waals surface area contributed by atoms with Crippen LogP contribution in [0.1, 0.15) is 27.7 Å². The van der Waals surface area contributed by atoms with Crippen LogP contribution in [-0.4, -0.2) is 37.9 Å². The van der Waals surface area contributed by atoms with E-state index in [4.69, 9.17) is 7.85 Å². The van der Waals surface area contributed by atoms with Gasteiger partial charge in [-0.05, 0) is 30.0 Å². The molecule has 0 atom stereocenters. The molecule has 0 spiro atoms. The lowest BCUT2D eigenvalue weighted by Crippen LogP contribution is -2.08. The predicted octanol–water partition coefficient (Wildman–Crippen LogP) is 3.94. The fourth-order valence-corrected chi connectivity index (χ4v) is 8.80. The first kappa shape index (κ1) is 13.9. The molecule has 0 heterocycles. The van der Waals surface area contributed by atoms with E-state index in [0.29, 0.717) is 0 Å². The van der Waals surface area contributed by atoms with Crippen molar-refractivity contribution in [1.82, 2.24) is 0 Å². The molecule has 0 saturated carbocycles. The normalized spacial score (nSPS) is 11.9. The minimum absolute atomic E-state index is 0.233. The summed E-state index contributed by atoms with van der Waals surface area (Å²) in [7, 11) is 6.38. The summed E-state index contributed by atoms with van der Waals surface area (Å²) in [5.41, 5.74) is 0. The van der Waals surface area contributed by atoms with Crippen molar-refractivity contribution in [3.05, 3.63) is 0 Å². The van der Waals surface area contributed by atoms with Crippen LogP contribution >= 0.6 is 15.8 Å². The van der Waals surface area contributed by atoms with Crippen LogP contribution in [0.5, 0.6) is 0 Å². The molecule has 0 aromatic rings. The minimum Gasteiger partial charge on any atom is -0.100 e. The van der Waals surface area contributed by atoms with E-state index in [1.165, 1.54) is 24.6 Å². The van der Waals surface area contributed by atoms with Crippen LogP contribution in [0.3, 0.4) is 0 Å². The van der Waals surface area contributed by atoms with Crippen molar-refractivity contribution in [2.45, 2.75) is 39.4 Å². The summed E-state index contributed by atoms with van der Waals surface area (Å²) in [6, 6.07) is 0. The highest BCUT2D eigenvalue weighted by Gasteiger charge is 2.22. The molecule has 76 valence electrons. The van der Waals surface area contributed by atoms with Crippen LogP contribution in [0.15, 0.2) is 0 Å². The second kappa shape index (κ2) is 8.25. The number of hydrogen-bond donors (Lipinski definition) is 0. The van der Waals surface area contributed by atoms with Crippen molar-refractivity contribution in [1.29, 1.82) is 0 Å². The van der Waals surface area contributed by atoms with Gasteiger partial charge in [-0.1, -0.05) is 34.0 Å². The summed E-state index contributed by atoms with van der Waals surface area (Å²) in [6.45, 7) is 9.32. The zero-order chi connectivity index (χ0) is 10.3. The molecule has 0 aliphatic heterocycles. The minimum atomic E-state index is 0.233. The Kier molecular flexibility index (Phi) is 8.84. The molecule has 0 rings (SSSR count). The highest BCUT2D eigenvalue weighted by Crippen LogP contribution is 2.58. The molecule has 0 aromatic carbocycles. The van der Waals surface area contributed by atoms with Crippen molar-refractivity contribution in [3.8, 4) is 0 Å². The second-order valence-corrected chi connectivity index (χ2v) is 9.70. The average Bonchev–Trinajstić information content (AvgIpc) is 2.18. The maximum Gasteiger partial charge on any atom is 0.0666 e. The van der Waals surface area contributed by atoms with E-state index in [9.17, 15) is 0 Å². The Bertz CT molecular complexity index is 99.5. The number of rotatable bonds is 7. The lowest BCUT2D eigenvalue weighted by Gasteiger charge is -2.32. The summed E-state index contributed by atoms with van der Waals surface area (Å²) in [6.07, 6.45) is 6.40. The van der Waals surface area contributed by atoms with Crippen LogP contribution in [0.2, 0.25) is 6.32 Å². The first-order valence-electron chi connectivity index (χ1n) is 5.43. The molecule has 2 radical (unpaired) electrons. The monoisotopic (exact) mass is 216 g/mol. The summed E-state index contributed by atoms with van der Waals surface area (Å²) in [5, 5.41) is 0.884. The molecule has 0 aliphatic carbocycles. The highest BCUT2D eigenvalue weighted by atomic mass is 31.2. The smallest absolute Gasteiger partial charge is 0.0666 e. The fourth-order valence-electron chi connectivity index (χ4n) is 1.82. The lowest BCUT2D eigenvalue weighted by atomic mass is 10.1. The van der Waals surface area contributed by atoms with Gasteiger partial charge in [-0.25, -0.2) is 0 Å². The molecular formula is C10H23BP2. The maximum absolute atomic E-state index is 5.91. The van der Waals surface area contributed by atoms with Gasteiger partial charge in [0.2, 0.25) is 0 Å². The third-order valence-electron chi connectivity index (χ3n) is 2.68. The predicted molar refractivity (Wildman–Crippen MR) is 70.4 cm³/mol. The Balaban J connectivity index is 4.26. The quantitative estimate of drug-likeness (QED) is 0.446. The molecule has 0 unspecified atom stereocenters. The molecule has 0 amide bonds. The second-order valence-electron chi connectivity index (χ2n) is 3.16. The summed E-state index contributed by atoms with van der Waals surface area (Å²) in [4.78, 5) is 0. The Morgan fingerprint density at radius 3 is 1.31 bits per heavy atom. The molecule has 0 N–H and O–H groups in total. The molecule has 0 aliphatic rings. The van der Waals surface area contributed by atoms with E-state index in [0.717, 1.165) is 11.7 Å². The third kappa shape index (κ3) is 4.31. The number of hydrogen-bond acceptors (Lipinski definition) is 0. The van der Waals surface area contributed by atoms with Gasteiger partial charge in [0, 0.05) is 0 Å². The van der Waals surface area contributed by atoms with Gasteiger partial charge in [0.05, 0.1) is 7.85 Å². The van der Waals surface area contributed by atoms with E-state index in [1.807, 2.05) is 0 Å². The van der Waals surface area contributed by atoms with Gasteiger partial charge in [-0.3, -0.25) is 0 Å². The van der Waals surface area contributed by atoms with Gasteiger partial charge in [-0.15, -0.1) is 15.8 Å². The van der Waals surface area contributed by atoms with Crippen molar-refractivity contribution in [3.63, 3.8) is 0 Å². The Labute approximate surface area is 88.2 Å². The first-order chi connectivity index (χ1) is 6.24. The Morgan fingerprint density at radius 2 is 1.15 bits per heavy atom. The van der Waals surface area contributed by atoms with E-state index in [1.54, 1.807) is 0 Å². The Hall–Kier alpha value is 0.925. The molecule has 0 aromatic heterocycles. The van der Waals surface area contributed by atoms with Gasteiger partial charge in [-0.2, -0.15) is 0 Å². The molecule has 0 nitrogen and oxygen atoms in total. The van der Waals surface area contributed by atoms with Crippen LogP contribution in [-0.2, 0) is 0 Å². The van der Waals surface area contributed by atoms with E-state index >= 15 is 0 Å². The van der Waals surface area contributed by atoms with Crippen LogP contribution in [0, 0.1) is 0 Å². The van der Waals surface area contributed by atoms with Crippen molar-refractivity contribution < 1.29 is 0 Å². The largest absolute Gasteiger partial charge is 0.100 e. The SMILES string of the molecule is [B]CC(P(CC)CC)P(CC)CC. The van der Waals surface area contributed by atoms with Crippen LogP contribution in [0.25, 0.3) is 0 Å².